The zero-order valence-electron chi connectivity index (χ0n) is 13.9. The van der Waals surface area contributed by atoms with Gasteiger partial charge in [-0.25, -0.2) is 4.98 Å². The molecule has 0 aliphatic carbocycles. The molecule has 0 amide bonds. The van der Waals surface area contributed by atoms with Crippen molar-refractivity contribution < 1.29 is 4.74 Å². The van der Waals surface area contributed by atoms with Crippen LogP contribution in [-0.4, -0.2) is 18.3 Å². The molecule has 0 radical (unpaired) electrons. The molecule has 3 rings (SSSR count). The molecule has 1 N–H and O–H groups in total. The van der Waals surface area contributed by atoms with Crippen molar-refractivity contribution >= 4 is 22.7 Å². The predicted molar refractivity (Wildman–Crippen MR) is 101 cm³/mol. The van der Waals surface area contributed by atoms with E-state index >= 15 is 0 Å². The number of methoxy groups -OCH3 is 1. The predicted octanol–water partition coefficient (Wildman–Crippen LogP) is 4.88. The lowest BCUT2D eigenvalue weighted by atomic mass is 10.0. The molecule has 1 heterocycles. The maximum absolute atomic E-state index is 5.20. The van der Waals surface area contributed by atoms with Gasteiger partial charge in [0.15, 0.2) is 0 Å². The zero-order valence-corrected chi connectivity index (χ0v) is 14.7. The summed E-state index contributed by atoms with van der Waals surface area (Å²) in [6, 6.07) is 14.1. The van der Waals surface area contributed by atoms with Crippen LogP contribution in [0.4, 0.5) is 5.13 Å². The number of ether oxygens (including phenoxy) is 1. The molecule has 0 bridgehead atoms. The van der Waals surface area contributed by atoms with E-state index in [9.17, 15) is 0 Å². The number of rotatable bonds is 5. The first-order valence-corrected chi connectivity index (χ1v) is 8.50. The van der Waals surface area contributed by atoms with Crippen molar-refractivity contribution in [2.45, 2.75) is 13.8 Å². The van der Waals surface area contributed by atoms with Crippen LogP contribution >= 0.6 is 11.3 Å². The maximum atomic E-state index is 5.20. The number of aromatic nitrogens is 1. The van der Waals surface area contributed by atoms with Crippen LogP contribution in [-0.2, 0) is 0 Å². The SMILES string of the molecule is COc1cccc(/C=N/Nc2nc(-c3ccc(C)cc3C)cs2)c1. The quantitative estimate of drug-likeness (QED) is 0.533. The Hall–Kier alpha value is -2.66. The molecule has 0 unspecified atom stereocenters. The summed E-state index contributed by atoms with van der Waals surface area (Å²) in [4.78, 5) is 4.60. The first-order chi connectivity index (χ1) is 11.7. The standard InChI is InChI=1S/C19H19N3OS/c1-13-7-8-17(14(2)9-13)18-12-24-19(21-18)22-20-11-15-5-4-6-16(10-15)23-3/h4-12H,1-3H3,(H,21,22)/b20-11+. The summed E-state index contributed by atoms with van der Waals surface area (Å²) >= 11 is 1.54. The van der Waals surface area contributed by atoms with Gasteiger partial charge in [0.05, 0.1) is 19.0 Å². The van der Waals surface area contributed by atoms with Crippen LogP contribution in [0, 0.1) is 13.8 Å². The molecule has 0 atom stereocenters. The minimum absolute atomic E-state index is 0.768. The van der Waals surface area contributed by atoms with Crippen molar-refractivity contribution in [1.29, 1.82) is 0 Å². The molecular formula is C19H19N3OS. The molecular weight excluding hydrogens is 318 g/mol. The number of hydrogen-bond donors (Lipinski definition) is 1. The van der Waals surface area contributed by atoms with Gasteiger partial charge < -0.3 is 4.74 Å². The van der Waals surface area contributed by atoms with Gasteiger partial charge in [-0.05, 0) is 37.1 Å². The minimum Gasteiger partial charge on any atom is -0.497 e. The van der Waals surface area contributed by atoms with Crippen LogP contribution in [0.25, 0.3) is 11.3 Å². The summed E-state index contributed by atoms with van der Waals surface area (Å²) in [5, 5.41) is 7.06. The number of hydrogen-bond acceptors (Lipinski definition) is 5. The van der Waals surface area contributed by atoms with Crippen molar-refractivity contribution in [3.05, 3.63) is 64.5 Å². The van der Waals surface area contributed by atoms with E-state index in [1.807, 2.05) is 29.6 Å². The van der Waals surface area contributed by atoms with Gasteiger partial charge in [-0.1, -0.05) is 35.9 Å². The van der Waals surface area contributed by atoms with Crippen LogP contribution in [0.1, 0.15) is 16.7 Å². The highest BCUT2D eigenvalue weighted by Crippen LogP contribution is 2.27. The van der Waals surface area contributed by atoms with Gasteiger partial charge in [-0.15, -0.1) is 11.3 Å². The number of thiazole rings is 1. The second-order valence-electron chi connectivity index (χ2n) is 5.50. The molecule has 0 saturated carbocycles. The Morgan fingerprint density at radius 1 is 1.17 bits per heavy atom. The Bertz CT molecular complexity index is 871. The van der Waals surface area contributed by atoms with E-state index in [2.05, 4.69) is 47.6 Å². The Kier molecular flexibility index (Phi) is 4.91. The summed E-state index contributed by atoms with van der Waals surface area (Å²) < 4.78 is 5.20. The van der Waals surface area contributed by atoms with E-state index in [1.54, 1.807) is 13.3 Å². The largest absolute Gasteiger partial charge is 0.497 e. The Morgan fingerprint density at radius 2 is 2.04 bits per heavy atom. The highest BCUT2D eigenvalue weighted by atomic mass is 32.1. The first kappa shape index (κ1) is 16.2. The molecule has 0 spiro atoms. The molecule has 24 heavy (non-hydrogen) atoms. The third-order valence-electron chi connectivity index (χ3n) is 3.63. The molecule has 0 saturated heterocycles. The molecule has 4 nitrogen and oxygen atoms in total. The van der Waals surface area contributed by atoms with E-state index in [0.29, 0.717) is 0 Å². The van der Waals surface area contributed by atoms with E-state index in [1.165, 1.54) is 22.5 Å². The lowest BCUT2D eigenvalue weighted by molar-refractivity contribution is 0.415. The summed E-state index contributed by atoms with van der Waals surface area (Å²) in [7, 11) is 1.65. The molecule has 2 aromatic carbocycles. The Balaban J connectivity index is 1.71. The monoisotopic (exact) mass is 337 g/mol. The van der Waals surface area contributed by atoms with Crippen LogP contribution in [0.15, 0.2) is 52.9 Å². The summed E-state index contributed by atoms with van der Waals surface area (Å²) in [6.07, 6.45) is 1.75. The van der Waals surface area contributed by atoms with Crippen molar-refractivity contribution in [2.75, 3.05) is 12.5 Å². The molecule has 3 aromatic rings. The zero-order chi connectivity index (χ0) is 16.9. The summed E-state index contributed by atoms with van der Waals surface area (Å²) in [5.74, 6) is 0.810. The molecule has 5 heteroatoms. The van der Waals surface area contributed by atoms with Gasteiger partial charge in [-0.3, -0.25) is 5.43 Å². The topological polar surface area (TPSA) is 46.5 Å². The van der Waals surface area contributed by atoms with Gasteiger partial charge in [0.1, 0.15) is 5.75 Å². The fraction of sp³-hybridized carbons (Fsp3) is 0.158. The van der Waals surface area contributed by atoms with Gasteiger partial charge in [0.2, 0.25) is 5.13 Å². The van der Waals surface area contributed by atoms with Gasteiger partial charge in [0, 0.05) is 10.9 Å². The second-order valence-corrected chi connectivity index (χ2v) is 6.36. The summed E-state index contributed by atoms with van der Waals surface area (Å²) in [5.41, 5.74) is 8.56. The Labute approximate surface area is 145 Å². The smallest absolute Gasteiger partial charge is 0.203 e. The highest BCUT2D eigenvalue weighted by Gasteiger charge is 2.06. The number of hydrazone groups is 1. The maximum Gasteiger partial charge on any atom is 0.203 e. The highest BCUT2D eigenvalue weighted by molar-refractivity contribution is 7.14. The number of benzene rings is 2. The van der Waals surface area contributed by atoms with Crippen molar-refractivity contribution in [3.8, 4) is 17.0 Å². The van der Waals surface area contributed by atoms with Gasteiger partial charge >= 0.3 is 0 Å². The lowest BCUT2D eigenvalue weighted by Crippen LogP contribution is -1.91. The molecule has 1 aromatic heterocycles. The fourth-order valence-corrected chi connectivity index (χ4v) is 3.09. The number of nitrogens with one attached hydrogen (secondary N) is 1. The first-order valence-electron chi connectivity index (χ1n) is 7.62. The molecule has 0 aliphatic rings. The van der Waals surface area contributed by atoms with Crippen molar-refractivity contribution in [2.24, 2.45) is 5.10 Å². The van der Waals surface area contributed by atoms with Gasteiger partial charge in [-0.2, -0.15) is 5.10 Å². The average Bonchev–Trinajstić information content (AvgIpc) is 3.03. The van der Waals surface area contributed by atoms with Crippen molar-refractivity contribution in [1.82, 2.24) is 4.98 Å². The van der Waals surface area contributed by atoms with E-state index in [-0.39, 0.29) is 0 Å². The molecule has 0 fully saturated rings. The van der Waals surface area contributed by atoms with Crippen LogP contribution in [0.3, 0.4) is 0 Å². The average molecular weight is 337 g/mol. The minimum atomic E-state index is 0.768. The normalized spacial score (nSPS) is 11.0. The van der Waals surface area contributed by atoms with E-state index in [0.717, 1.165) is 27.7 Å². The second kappa shape index (κ2) is 7.27. The van der Waals surface area contributed by atoms with Gasteiger partial charge in [0.25, 0.3) is 0 Å². The lowest BCUT2D eigenvalue weighted by Gasteiger charge is -2.03. The van der Waals surface area contributed by atoms with Crippen LogP contribution < -0.4 is 10.2 Å². The fourth-order valence-electron chi connectivity index (χ4n) is 2.43. The number of anilines is 1. The Morgan fingerprint density at radius 3 is 2.83 bits per heavy atom. The third-order valence-corrected chi connectivity index (χ3v) is 4.38. The van der Waals surface area contributed by atoms with Crippen molar-refractivity contribution in [3.63, 3.8) is 0 Å². The number of aryl methyl sites for hydroxylation is 2. The number of nitrogens with zero attached hydrogens (tertiary/aromatic N) is 2. The van der Waals surface area contributed by atoms with Crippen LogP contribution in [0.2, 0.25) is 0 Å². The van der Waals surface area contributed by atoms with E-state index < -0.39 is 0 Å². The van der Waals surface area contributed by atoms with E-state index in [4.69, 9.17) is 4.74 Å². The van der Waals surface area contributed by atoms with Crippen LogP contribution in [0.5, 0.6) is 5.75 Å². The summed E-state index contributed by atoms with van der Waals surface area (Å²) in [6.45, 7) is 4.20. The third kappa shape index (κ3) is 3.81. The molecule has 122 valence electrons. The molecule has 0 aliphatic heterocycles.